The molecule has 0 bridgehead atoms. The van der Waals surface area contributed by atoms with Gasteiger partial charge in [0.2, 0.25) is 0 Å². The fourth-order valence-corrected chi connectivity index (χ4v) is 3.29. The lowest BCUT2D eigenvalue weighted by Gasteiger charge is -2.25. The molecule has 7 heteroatoms. The van der Waals surface area contributed by atoms with Gasteiger partial charge >= 0.3 is 6.18 Å². The maximum absolute atomic E-state index is 12.9. The minimum absolute atomic E-state index is 0.468. The Balaban J connectivity index is 1.57. The first-order valence-corrected chi connectivity index (χ1v) is 8.21. The topological polar surface area (TPSA) is 39.6 Å². The number of anilines is 2. The summed E-state index contributed by atoms with van der Waals surface area (Å²) in [4.78, 5) is 8.12. The van der Waals surface area contributed by atoms with Crippen molar-refractivity contribution < 1.29 is 18.3 Å². The highest BCUT2D eigenvalue weighted by Crippen LogP contribution is 2.48. The number of alkyl halides is 3. The molecule has 0 atom stereocenters. The van der Waals surface area contributed by atoms with Crippen LogP contribution in [0, 0.1) is 0 Å². The van der Waals surface area contributed by atoms with E-state index in [1.54, 1.807) is 18.5 Å². The maximum atomic E-state index is 12.9. The van der Waals surface area contributed by atoms with Crippen molar-refractivity contribution in [3.63, 3.8) is 0 Å². The van der Waals surface area contributed by atoms with Gasteiger partial charge in [-0.2, -0.15) is 13.2 Å². The van der Waals surface area contributed by atoms with E-state index in [-0.39, 0.29) is 0 Å². The number of hydrogen-bond acceptors (Lipinski definition) is 4. The van der Waals surface area contributed by atoms with Crippen LogP contribution in [0.25, 0.3) is 0 Å². The Labute approximate surface area is 143 Å². The largest absolute Gasteiger partial charge is 0.416 e. The van der Waals surface area contributed by atoms with Gasteiger partial charge in [-0.15, -0.1) is 0 Å². The first-order valence-electron chi connectivity index (χ1n) is 8.21. The fraction of sp³-hybridized carbons (Fsp3) is 0.389. The average molecular weight is 349 g/mol. The van der Waals surface area contributed by atoms with Crippen molar-refractivity contribution in [1.29, 1.82) is 0 Å². The zero-order valence-electron chi connectivity index (χ0n) is 13.5. The Morgan fingerprint density at radius 2 is 1.84 bits per heavy atom. The van der Waals surface area contributed by atoms with E-state index in [2.05, 4.69) is 9.88 Å². The molecule has 1 N–H and O–H groups in total. The Kier molecular flexibility index (Phi) is 3.64. The van der Waals surface area contributed by atoms with Gasteiger partial charge in [0.15, 0.2) is 0 Å². The van der Waals surface area contributed by atoms with Crippen LogP contribution < -0.4 is 9.80 Å². The molecule has 0 spiro atoms. The number of aliphatic hydroxyl groups is 1. The molecular formula is C18H18F3N3O. The molecule has 1 saturated heterocycles. The lowest BCUT2D eigenvalue weighted by atomic mass is 10.1. The van der Waals surface area contributed by atoms with Gasteiger partial charge in [0.05, 0.1) is 29.7 Å². The molecule has 1 saturated carbocycles. The molecule has 4 nitrogen and oxygen atoms in total. The summed E-state index contributed by atoms with van der Waals surface area (Å²) in [5, 5.41) is 10.5. The second-order valence-corrected chi connectivity index (χ2v) is 6.64. The molecule has 1 aliphatic carbocycles. The molecule has 0 unspecified atom stereocenters. The monoisotopic (exact) mass is 349 g/mol. The third-order valence-electron chi connectivity index (χ3n) is 4.89. The lowest BCUT2D eigenvalue weighted by molar-refractivity contribution is -0.137. The highest BCUT2D eigenvalue weighted by atomic mass is 19.4. The second-order valence-electron chi connectivity index (χ2n) is 6.64. The number of aromatic nitrogens is 1. The molecule has 0 radical (unpaired) electrons. The fourth-order valence-electron chi connectivity index (χ4n) is 3.29. The van der Waals surface area contributed by atoms with Gasteiger partial charge < -0.3 is 14.9 Å². The van der Waals surface area contributed by atoms with Gasteiger partial charge in [-0.05, 0) is 37.1 Å². The van der Waals surface area contributed by atoms with Crippen molar-refractivity contribution in [2.75, 3.05) is 29.6 Å². The van der Waals surface area contributed by atoms with Crippen LogP contribution in [0.4, 0.5) is 24.5 Å². The van der Waals surface area contributed by atoms with Gasteiger partial charge in [0.25, 0.3) is 0 Å². The SMILES string of the molecule is OC1(c2ccncc2N2CCN(c3cccc(C(F)(F)F)c3)C2)CC1. The van der Waals surface area contributed by atoms with E-state index in [0.29, 0.717) is 25.4 Å². The number of halogens is 3. The van der Waals surface area contributed by atoms with Gasteiger partial charge in [-0.1, -0.05) is 6.07 Å². The first kappa shape index (κ1) is 16.2. The lowest BCUT2D eigenvalue weighted by Crippen LogP contribution is -2.27. The molecule has 132 valence electrons. The molecule has 0 amide bonds. The van der Waals surface area contributed by atoms with Crippen LogP contribution in [-0.4, -0.2) is 29.8 Å². The summed E-state index contributed by atoms with van der Waals surface area (Å²) < 4.78 is 38.8. The Hall–Kier alpha value is -2.28. The highest BCUT2D eigenvalue weighted by Gasteiger charge is 2.44. The predicted molar refractivity (Wildman–Crippen MR) is 88.4 cm³/mol. The summed E-state index contributed by atoms with van der Waals surface area (Å²) in [5.41, 5.74) is 0.845. The highest BCUT2D eigenvalue weighted by molar-refractivity contribution is 5.60. The van der Waals surface area contributed by atoms with Crippen LogP contribution >= 0.6 is 0 Å². The molecule has 2 aliphatic rings. The summed E-state index contributed by atoms with van der Waals surface area (Å²) in [6, 6.07) is 7.22. The summed E-state index contributed by atoms with van der Waals surface area (Å²) in [6.45, 7) is 1.76. The molecule has 4 rings (SSSR count). The normalized spacial score (nSPS) is 19.4. The van der Waals surface area contributed by atoms with E-state index >= 15 is 0 Å². The van der Waals surface area contributed by atoms with E-state index in [4.69, 9.17) is 0 Å². The molecule has 25 heavy (non-hydrogen) atoms. The van der Waals surface area contributed by atoms with Crippen molar-refractivity contribution >= 4 is 11.4 Å². The Bertz CT molecular complexity index is 789. The average Bonchev–Trinajstić information content (AvgIpc) is 3.16. The van der Waals surface area contributed by atoms with Crippen LogP contribution in [0.3, 0.4) is 0 Å². The minimum Gasteiger partial charge on any atom is -0.385 e. The smallest absolute Gasteiger partial charge is 0.385 e. The summed E-state index contributed by atoms with van der Waals surface area (Å²) in [6.07, 6.45) is 0.503. The summed E-state index contributed by atoms with van der Waals surface area (Å²) in [5.74, 6) is 0. The van der Waals surface area contributed by atoms with Crippen LogP contribution in [0.5, 0.6) is 0 Å². The van der Waals surface area contributed by atoms with Crippen molar-refractivity contribution in [3.8, 4) is 0 Å². The maximum Gasteiger partial charge on any atom is 0.416 e. The summed E-state index contributed by atoms with van der Waals surface area (Å²) >= 11 is 0. The van der Waals surface area contributed by atoms with E-state index in [1.807, 2.05) is 11.0 Å². The number of hydrogen-bond donors (Lipinski definition) is 1. The molecule has 2 heterocycles. The van der Waals surface area contributed by atoms with Crippen molar-refractivity contribution in [2.24, 2.45) is 0 Å². The number of rotatable bonds is 3. The zero-order valence-corrected chi connectivity index (χ0v) is 13.5. The molecular weight excluding hydrogens is 331 g/mol. The van der Waals surface area contributed by atoms with Crippen molar-refractivity contribution in [2.45, 2.75) is 24.6 Å². The molecule has 2 aromatic rings. The number of nitrogens with zero attached hydrogens (tertiary/aromatic N) is 3. The van der Waals surface area contributed by atoms with Gasteiger partial charge in [-0.25, -0.2) is 0 Å². The van der Waals surface area contributed by atoms with E-state index in [1.165, 1.54) is 12.1 Å². The Morgan fingerprint density at radius 1 is 1.08 bits per heavy atom. The van der Waals surface area contributed by atoms with E-state index in [0.717, 1.165) is 30.2 Å². The first-order chi connectivity index (χ1) is 11.9. The van der Waals surface area contributed by atoms with Gasteiger partial charge in [0.1, 0.15) is 0 Å². The standard InChI is InChI=1S/C18H18F3N3O/c19-18(20,21)13-2-1-3-14(10-13)23-8-9-24(12-23)16-11-22-7-4-15(16)17(25)5-6-17/h1-4,7,10-11,25H,5-6,8-9,12H2. The molecule has 1 aromatic carbocycles. The van der Waals surface area contributed by atoms with Crippen LogP contribution in [-0.2, 0) is 11.8 Å². The van der Waals surface area contributed by atoms with Crippen LogP contribution in [0.15, 0.2) is 42.7 Å². The third-order valence-corrected chi connectivity index (χ3v) is 4.89. The van der Waals surface area contributed by atoms with Gasteiger partial charge in [-0.3, -0.25) is 4.98 Å². The minimum atomic E-state index is -4.35. The molecule has 1 aliphatic heterocycles. The Morgan fingerprint density at radius 3 is 2.56 bits per heavy atom. The van der Waals surface area contributed by atoms with Gasteiger partial charge in [0, 0.05) is 30.5 Å². The second kappa shape index (κ2) is 5.62. The zero-order chi connectivity index (χ0) is 17.7. The number of pyridine rings is 1. The van der Waals surface area contributed by atoms with Crippen LogP contribution in [0.1, 0.15) is 24.0 Å². The third kappa shape index (κ3) is 3.04. The molecule has 1 aromatic heterocycles. The summed E-state index contributed by atoms with van der Waals surface area (Å²) in [7, 11) is 0. The van der Waals surface area contributed by atoms with E-state index in [9.17, 15) is 18.3 Å². The van der Waals surface area contributed by atoms with Crippen molar-refractivity contribution in [3.05, 3.63) is 53.9 Å². The quantitative estimate of drug-likeness (QED) is 0.922. The predicted octanol–water partition coefficient (Wildman–Crippen LogP) is 3.37. The van der Waals surface area contributed by atoms with Crippen LogP contribution in [0.2, 0.25) is 0 Å². The van der Waals surface area contributed by atoms with E-state index < -0.39 is 17.3 Å². The number of benzene rings is 1. The van der Waals surface area contributed by atoms with Crippen molar-refractivity contribution in [1.82, 2.24) is 4.98 Å². The molecule has 2 fully saturated rings.